The Bertz CT molecular complexity index is 541. The van der Waals surface area contributed by atoms with Gasteiger partial charge in [-0.25, -0.2) is 13.1 Å². The molecule has 0 saturated carbocycles. The van der Waals surface area contributed by atoms with E-state index >= 15 is 0 Å². The van der Waals surface area contributed by atoms with Gasteiger partial charge in [0.25, 0.3) is 0 Å². The van der Waals surface area contributed by atoms with E-state index in [0.717, 1.165) is 12.8 Å². The lowest BCUT2D eigenvalue weighted by Gasteiger charge is -2.15. The Morgan fingerprint density at radius 2 is 1.95 bits per heavy atom. The molecule has 6 heteroatoms. The summed E-state index contributed by atoms with van der Waals surface area (Å²) in [4.78, 5) is 0.149. The molecule has 1 aromatic rings. The first-order chi connectivity index (χ1) is 9.53. The fraction of sp³-hybridized carbons (Fsp3) is 0.500. The summed E-state index contributed by atoms with van der Waals surface area (Å²) in [5.74, 6) is 0.137. The van der Waals surface area contributed by atoms with E-state index in [1.165, 1.54) is 24.3 Å². The topological polar surface area (TPSA) is 90.2 Å². The van der Waals surface area contributed by atoms with Gasteiger partial charge >= 0.3 is 0 Å². The maximum atomic E-state index is 12.1. The van der Waals surface area contributed by atoms with Crippen LogP contribution < -0.4 is 4.72 Å². The van der Waals surface area contributed by atoms with Crippen molar-refractivity contribution in [3.05, 3.63) is 29.8 Å². The number of benzene rings is 1. The van der Waals surface area contributed by atoms with Crippen molar-refractivity contribution in [3.63, 3.8) is 0 Å². The second kappa shape index (κ2) is 8.00. The lowest BCUT2D eigenvalue weighted by atomic mass is 10.0. The molecule has 1 unspecified atom stereocenters. The number of aliphatic hydroxyl groups excluding tert-OH is 1. The molecule has 1 rings (SSSR count). The minimum Gasteiger partial charge on any atom is -0.396 e. The van der Waals surface area contributed by atoms with Crippen LogP contribution >= 0.6 is 0 Å². The summed E-state index contributed by atoms with van der Waals surface area (Å²) in [5, 5.41) is 17.6. The van der Waals surface area contributed by atoms with E-state index in [2.05, 4.69) is 4.72 Å². The quantitative estimate of drug-likeness (QED) is 0.763. The number of hydrogen-bond donors (Lipinski definition) is 2. The van der Waals surface area contributed by atoms with Crippen LogP contribution in [0.3, 0.4) is 0 Å². The van der Waals surface area contributed by atoms with Gasteiger partial charge in [-0.3, -0.25) is 0 Å². The highest BCUT2D eigenvalue weighted by Gasteiger charge is 2.16. The molecule has 0 spiro atoms. The predicted octanol–water partition coefficient (Wildman–Crippen LogP) is 1.64. The smallest absolute Gasteiger partial charge is 0.240 e. The number of nitrogens with zero attached hydrogens (tertiary/aromatic N) is 1. The van der Waals surface area contributed by atoms with Gasteiger partial charge < -0.3 is 5.11 Å². The van der Waals surface area contributed by atoms with Crippen LogP contribution in [0.5, 0.6) is 0 Å². The van der Waals surface area contributed by atoms with E-state index in [4.69, 9.17) is 10.4 Å². The second-order valence-corrected chi connectivity index (χ2v) is 6.42. The Kier molecular flexibility index (Phi) is 6.65. The van der Waals surface area contributed by atoms with Crippen molar-refractivity contribution in [3.8, 4) is 6.07 Å². The molecule has 0 heterocycles. The molecule has 0 aliphatic carbocycles. The highest BCUT2D eigenvalue weighted by atomic mass is 32.2. The van der Waals surface area contributed by atoms with Gasteiger partial charge in [0.05, 0.1) is 16.5 Å². The second-order valence-electron chi connectivity index (χ2n) is 4.66. The molecule has 0 aliphatic heterocycles. The molecule has 1 aromatic carbocycles. The van der Waals surface area contributed by atoms with Gasteiger partial charge in [0.2, 0.25) is 10.0 Å². The zero-order valence-corrected chi connectivity index (χ0v) is 12.4. The first kappa shape index (κ1) is 16.6. The molecule has 0 radical (unpaired) electrons. The SMILES string of the molecule is CCCC(CCO)CNS(=O)(=O)c1ccc(C#N)cc1. The summed E-state index contributed by atoms with van der Waals surface area (Å²) < 4.78 is 26.7. The summed E-state index contributed by atoms with van der Waals surface area (Å²) in [6.45, 7) is 2.40. The lowest BCUT2D eigenvalue weighted by Crippen LogP contribution is -2.29. The Hall–Kier alpha value is -1.42. The molecule has 0 amide bonds. The molecule has 20 heavy (non-hydrogen) atoms. The maximum Gasteiger partial charge on any atom is 0.240 e. The van der Waals surface area contributed by atoms with E-state index in [9.17, 15) is 8.42 Å². The van der Waals surface area contributed by atoms with Crippen molar-refractivity contribution >= 4 is 10.0 Å². The van der Waals surface area contributed by atoms with E-state index in [-0.39, 0.29) is 17.4 Å². The molecule has 2 N–H and O–H groups in total. The summed E-state index contributed by atoms with van der Waals surface area (Å²) in [6.07, 6.45) is 2.41. The molecule has 0 aromatic heterocycles. The molecule has 1 atom stereocenters. The zero-order valence-electron chi connectivity index (χ0n) is 11.5. The average molecular weight is 296 g/mol. The first-order valence-corrected chi connectivity index (χ1v) is 8.12. The number of sulfonamides is 1. The number of nitrogens with one attached hydrogen (secondary N) is 1. The minimum absolute atomic E-state index is 0.0588. The maximum absolute atomic E-state index is 12.1. The van der Waals surface area contributed by atoms with Crippen molar-refractivity contribution in [2.24, 2.45) is 5.92 Å². The van der Waals surface area contributed by atoms with Crippen molar-refractivity contribution in [2.75, 3.05) is 13.2 Å². The van der Waals surface area contributed by atoms with Gasteiger partial charge in [-0.2, -0.15) is 5.26 Å². The van der Waals surface area contributed by atoms with Crippen molar-refractivity contribution in [2.45, 2.75) is 31.1 Å². The minimum atomic E-state index is -3.56. The molecule has 0 saturated heterocycles. The third kappa shape index (κ3) is 4.93. The monoisotopic (exact) mass is 296 g/mol. The molecule has 5 nitrogen and oxygen atoms in total. The van der Waals surface area contributed by atoms with Gasteiger partial charge in [-0.05, 0) is 43.0 Å². The summed E-state index contributed by atoms with van der Waals surface area (Å²) >= 11 is 0. The Morgan fingerprint density at radius 1 is 1.30 bits per heavy atom. The van der Waals surface area contributed by atoms with Crippen LogP contribution in [0.1, 0.15) is 31.7 Å². The van der Waals surface area contributed by atoms with Crippen molar-refractivity contribution in [1.29, 1.82) is 5.26 Å². The molecule has 110 valence electrons. The number of hydrogen-bond acceptors (Lipinski definition) is 4. The van der Waals surface area contributed by atoms with Crippen LogP contribution in [0.15, 0.2) is 29.2 Å². The fourth-order valence-corrected chi connectivity index (χ4v) is 3.07. The van der Waals surface area contributed by atoms with Gasteiger partial charge in [0, 0.05) is 13.2 Å². The standard InChI is InChI=1S/C14H20N2O3S/c1-2-3-13(8-9-17)11-16-20(18,19)14-6-4-12(10-15)5-7-14/h4-7,13,16-17H,2-3,8-9,11H2,1H3. The number of aliphatic hydroxyl groups is 1. The van der Waals surface area contributed by atoms with Crippen LogP contribution in [-0.2, 0) is 10.0 Å². The van der Waals surface area contributed by atoms with Gasteiger partial charge in [-0.1, -0.05) is 13.3 Å². The zero-order chi connectivity index (χ0) is 15.0. The number of nitriles is 1. The summed E-state index contributed by atoms with van der Waals surface area (Å²) in [7, 11) is -3.56. The van der Waals surface area contributed by atoms with Gasteiger partial charge in [0.15, 0.2) is 0 Å². The van der Waals surface area contributed by atoms with E-state index in [1.54, 1.807) is 0 Å². The largest absolute Gasteiger partial charge is 0.396 e. The predicted molar refractivity (Wildman–Crippen MR) is 76.4 cm³/mol. The van der Waals surface area contributed by atoms with Crippen molar-refractivity contribution in [1.82, 2.24) is 4.72 Å². The molecule has 0 bridgehead atoms. The Balaban J connectivity index is 2.71. The van der Waals surface area contributed by atoms with Crippen LogP contribution in [0, 0.1) is 17.2 Å². The molecule has 0 aliphatic rings. The highest BCUT2D eigenvalue weighted by Crippen LogP contribution is 2.13. The normalized spacial score (nSPS) is 12.8. The van der Waals surface area contributed by atoms with E-state index in [0.29, 0.717) is 18.5 Å². The number of rotatable bonds is 8. The molecular weight excluding hydrogens is 276 g/mol. The van der Waals surface area contributed by atoms with Crippen LogP contribution in [0.25, 0.3) is 0 Å². The molecular formula is C14H20N2O3S. The summed E-state index contributed by atoms with van der Waals surface area (Å²) in [5.41, 5.74) is 0.424. The van der Waals surface area contributed by atoms with Gasteiger partial charge in [0.1, 0.15) is 0 Å². The lowest BCUT2D eigenvalue weighted by molar-refractivity contribution is 0.251. The molecule has 0 fully saturated rings. The Morgan fingerprint density at radius 3 is 2.45 bits per heavy atom. The first-order valence-electron chi connectivity index (χ1n) is 6.64. The van der Waals surface area contributed by atoms with E-state index < -0.39 is 10.0 Å². The fourth-order valence-electron chi connectivity index (χ4n) is 1.96. The summed E-state index contributed by atoms with van der Waals surface area (Å²) in [6, 6.07) is 7.74. The average Bonchev–Trinajstić information content (AvgIpc) is 2.45. The van der Waals surface area contributed by atoms with E-state index in [1.807, 2.05) is 13.0 Å². The van der Waals surface area contributed by atoms with Gasteiger partial charge in [-0.15, -0.1) is 0 Å². The van der Waals surface area contributed by atoms with Crippen molar-refractivity contribution < 1.29 is 13.5 Å². The van der Waals surface area contributed by atoms with Crippen LogP contribution in [0.4, 0.5) is 0 Å². The third-order valence-corrected chi connectivity index (χ3v) is 4.53. The third-order valence-electron chi connectivity index (χ3n) is 3.09. The van der Waals surface area contributed by atoms with Crippen LogP contribution in [0.2, 0.25) is 0 Å². The Labute approximate surface area is 120 Å². The van der Waals surface area contributed by atoms with Crippen LogP contribution in [-0.4, -0.2) is 26.7 Å². The highest BCUT2D eigenvalue weighted by molar-refractivity contribution is 7.89.